The third kappa shape index (κ3) is 7.36. The van der Waals surface area contributed by atoms with Gasteiger partial charge in [-0.25, -0.2) is 22.9 Å². The molecule has 1 aliphatic carbocycles. The Labute approximate surface area is 289 Å². The summed E-state index contributed by atoms with van der Waals surface area (Å²) in [7, 11) is 0. The van der Waals surface area contributed by atoms with Crippen LogP contribution in [0.4, 0.5) is 24.7 Å². The summed E-state index contributed by atoms with van der Waals surface area (Å²) in [5.74, 6) is -4.46. The number of nitrogens with one attached hydrogen (secondary N) is 1. The molecule has 1 unspecified atom stereocenters. The van der Waals surface area contributed by atoms with E-state index >= 15 is 0 Å². The molecule has 2 aromatic carbocycles. The van der Waals surface area contributed by atoms with Gasteiger partial charge in [-0.2, -0.15) is 0 Å². The molecule has 2 fully saturated rings. The lowest BCUT2D eigenvalue weighted by Gasteiger charge is -2.22. The van der Waals surface area contributed by atoms with Crippen LogP contribution in [0.2, 0.25) is 0 Å². The molecule has 0 spiro atoms. The number of carbonyl (C=O) groups excluding carboxylic acids is 1. The Hall–Kier alpha value is -4.81. The first-order valence-corrected chi connectivity index (χ1v) is 15.6. The van der Waals surface area contributed by atoms with Gasteiger partial charge in [0.2, 0.25) is 5.43 Å². The minimum atomic E-state index is -1.56. The van der Waals surface area contributed by atoms with Crippen molar-refractivity contribution < 1.29 is 43.0 Å². The van der Waals surface area contributed by atoms with Crippen molar-refractivity contribution in [3.8, 4) is 5.69 Å². The van der Waals surface area contributed by atoms with Gasteiger partial charge < -0.3 is 31.3 Å². The molecule has 2 aliphatic rings. The maximum Gasteiger partial charge on any atom is 0.341 e. The summed E-state index contributed by atoms with van der Waals surface area (Å²) in [6.45, 7) is 0.456. The Morgan fingerprint density at radius 3 is 2.26 bits per heavy atom. The quantitative estimate of drug-likeness (QED) is 0.0956. The van der Waals surface area contributed by atoms with Crippen LogP contribution in [0.1, 0.15) is 22.0 Å². The van der Waals surface area contributed by atoms with Gasteiger partial charge in [-0.1, -0.05) is 23.2 Å². The average molecular weight is 739 g/mol. The molecule has 1 saturated carbocycles. The second-order valence-corrected chi connectivity index (χ2v) is 12.6. The van der Waals surface area contributed by atoms with Gasteiger partial charge in [0.1, 0.15) is 23.3 Å². The number of fused-ring (bicyclic) bond motifs is 2. The number of hydrogen-bond acceptors (Lipinski definition) is 10. The van der Waals surface area contributed by atoms with Crippen molar-refractivity contribution in [3.63, 3.8) is 0 Å². The summed E-state index contributed by atoms with van der Waals surface area (Å²) < 4.78 is 43.7. The zero-order valence-corrected chi connectivity index (χ0v) is 26.9. The third-order valence-electron chi connectivity index (χ3n) is 8.42. The number of nitro benzene ring substituents is 1. The second kappa shape index (κ2) is 14.6. The first-order valence-electron chi connectivity index (χ1n) is 14.7. The molecule has 3 heterocycles. The number of pyridine rings is 2. The molecule has 2 aromatic heterocycles. The standard InChI is InChI=1S/C20H15F3N4O3.C11H12Cl2N2O5/c21-8-1-2-15(13(22)3-8)27-7-12(20(29)30)17(28)9-4-14(23)19(25-18(9)27)26-5-10-11(6-26)16(10)24;12-10(13)11(18)14-8(5-16)9(17)6-1-3-7(4-2-6)15(19)20/h1-4,7,10-11,16H,5-6,24H2,(H,29,30);1-4,8-10,16-17H,5H2,(H,14,18)/t10-,11+,16?;8-,9-/m.1/s1. The number of benzene rings is 2. The van der Waals surface area contributed by atoms with Gasteiger partial charge in [0, 0.05) is 43.5 Å². The lowest BCUT2D eigenvalue weighted by atomic mass is 10.0. The second-order valence-electron chi connectivity index (χ2n) is 11.5. The number of anilines is 1. The fraction of sp³-hybridized carbons (Fsp3) is 0.290. The number of alkyl halides is 2. The fourth-order valence-corrected chi connectivity index (χ4v) is 5.82. The number of piperidine rings is 1. The number of hydrogen-bond donors (Lipinski definition) is 5. The first kappa shape index (κ1) is 36.5. The van der Waals surface area contributed by atoms with E-state index in [-0.39, 0.29) is 46.1 Å². The zero-order chi connectivity index (χ0) is 36.6. The molecule has 264 valence electrons. The molecule has 50 heavy (non-hydrogen) atoms. The Morgan fingerprint density at radius 1 is 1.08 bits per heavy atom. The molecule has 5 atom stereocenters. The Bertz CT molecular complexity index is 2020. The van der Waals surface area contributed by atoms with E-state index in [4.69, 9.17) is 34.0 Å². The van der Waals surface area contributed by atoms with Crippen LogP contribution in [-0.4, -0.2) is 78.3 Å². The summed E-state index contributed by atoms with van der Waals surface area (Å²) in [6, 6.07) is 7.75. The van der Waals surface area contributed by atoms with Crippen LogP contribution in [-0.2, 0) is 4.79 Å². The van der Waals surface area contributed by atoms with Gasteiger partial charge in [0.25, 0.3) is 11.6 Å². The minimum absolute atomic E-state index is 0.0272. The number of halogens is 5. The smallest absolute Gasteiger partial charge is 0.341 e. The van der Waals surface area contributed by atoms with Gasteiger partial charge >= 0.3 is 5.97 Å². The number of nitrogens with two attached hydrogens (primary N) is 1. The number of nitro groups is 1. The van der Waals surface area contributed by atoms with E-state index in [1.54, 1.807) is 4.90 Å². The van der Waals surface area contributed by atoms with Gasteiger partial charge in [-0.05, 0) is 47.7 Å². The number of amides is 1. The number of aromatic nitrogens is 2. The molecule has 1 saturated heterocycles. The van der Waals surface area contributed by atoms with Crippen molar-refractivity contribution in [2.24, 2.45) is 17.6 Å². The van der Waals surface area contributed by atoms with Crippen molar-refractivity contribution >= 4 is 57.6 Å². The highest BCUT2D eigenvalue weighted by Gasteiger charge is 2.54. The van der Waals surface area contributed by atoms with Crippen molar-refractivity contribution in [1.29, 1.82) is 0 Å². The molecule has 0 bridgehead atoms. The molecule has 4 aromatic rings. The number of aliphatic hydroxyl groups is 2. The third-order valence-corrected chi connectivity index (χ3v) is 8.82. The van der Waals surface area contributed by atoms with Gasteiger partial charge in [0.05, 0.1) is 28.6 Å². The SMILES string of the molecule is NC1[C@H]2CN(c3nc4c(cc3F)c(=O)c(C(=O)O)cn4-c3ccc(F)cc3F)C[C@@H]12.O=C(N[C@H](CO)[C@H](O)c1ccc([N+](=O)[O-])cc1)C(Cl)Cl. The summed E-state index contributed by atoms with van der Waals surface area (Å²) in [6.07, 6.45) is -0.341. The molecular formula is C31H27Cl2F3N6O8. The van der Waals surface area contributed by atoms with Gasteiger partial charge in [-0.3, -0.25) is 24.3 Å². The van der Waals surface area contributed by atoms with Crippen LogP contribution in [0.25, 0.3) is 16.7 Å². The molecule has 14 nitrogen and oxygen atoms in total. The summed E-state index contributed by atoms with van der Waals surface area (Å²) >= 11 is 10.7. The zero-order valence-electron chi connectivity index (χ0n) is 25.4. The predicted molar refractivity (Wildman–Crippen MR) is 174 cm³/mol. The molecule has 1 aliphatic heterocycles. The lowest BCUT2D eigenvalue weighted by molar-refractivity contribution is -0.384. The van der Waals surface area contributed by atoms with E-state index in [0.717, 1.165) is 29.0 Å². The lowest BCUT2D eigenvalue weighted by Crippen LogP contribution is -2.44. The maximum atomic E-state index is 14.8. The Kier molecular flexibility index (Phi) is 10.6. The number of rotatable bonds is 9. The maximum absolute atomic E-state index is 14.8. The summed E-state index contributed by atoms with van der Waals surface area (Å²) in [4.78, 5) is 50.0. The number of carboxylic acids is 1. The number of aromatic carboxylic acids is 1. The number of carbonyl (C=O) groups is 2. The van der Waals surface area contributed by atoms with Crippen LogP contribution in [0.15, 0.2) is 59.5 Å². The topological polar surface area (TPSA) is 214 Å². The van der Waals surface area contributed by atoms with Crippen LogP contribution >= 0.6 is 23.2 Å². The number of aliphatic hydroxyl groups excluding tert-OH is 2. The highest BCUT2D eigenvalue weighted by Crippen LogP contribution is 2.45. The minimum Gasteiger partial charge on any atom is -0.477 e. The van der Waals surface area contributed by atoms with Crippen LogP contribution in [0.5, 0.6) is 0 Å². The van der Waals surface area contributed by atoms with Crippen molar-refractivity contribution in [2.45, 2.75) is 23.0 Å². The normalized spacial score (nSPS) is 19.0. The van der Waals surface area contributed by atoms with Crippen LogP contribution < -0.4 is 21.4 Å². The highest BCUT2D eigenvalue weighted by atomic mass is 35.5. The number of nitrogens with zero attached hydrogens (tertiary/aromatic N) is 4. The van der Waals surface area contributed by atoms with E-state index in [0.29, 0.717) is 24.7 Å². The van der Waals surface area contributed by atoms with Crippen molar-refractivity contribution in [3.05, 3.63) is 104 Å². The van der Waals surface area contributed by atoms with E-state index < -0.39 is 68.8 Å². The van der Waals surface area contributed by atoms with E-state index in [9.17, 15) is 47.9 Å². The molecule has 1 amide bonds. The Balaban J connectivity index is 0.000000213. The molecule has 19 heteroatoms. The number of non-ortho nitro benzene ring substituents is 1. The Morgan fingerprint density at radius 2 is 1.72 bits per heavy atom. The molecule has 0 radical (unpaired) electrons. The molecular weight excluding hydrogens is 712 g/mol. The van der Waals surface area contributed by atoms with Crippen LogP contribution in [0.3, 0.4) is 0 Å². The predicted octanol–water partition coefficient (Wildman–Crippen LogP) is 2.80. The average Bonchev–Trinajstić information content (AvgIpc) is 3.44. The van der Waals surface area contributed by atoms with Crippen molar-refractivity contribution in [2.75, 3.05) is 24.6 Å². The summed E-state index contributed by atoms with van der Waals surface area (Å²) in [5.41, 5.74) is 4.11. The molecule has 6 N–H and O–H groups in total. The van der Waals surface area contributed by atoms with Crippen molar-refractivity contribution in [1.82, 2.24) is 14.9 Å². The molecule has 6 rings (SSSR count). The monoisotopic (exact) mass is 738 g/mol. The van der Waals surface area contributed by atoms with E-state index in [2.05, 4.69) is 10.3 Å². The van der Waals surface area contributed by atoms with E-state index in [1.807, 2.05) is 0 Å². The van der Waals surface area contributed by atoms with E-state index in [1.165, 1.54) is 24.3 Å². The largest absolute Gasteiger partial charge is 0.477 e. The van der Waals surface area contributed by atoms with Crippen LogP contribution in [0, 0.1) is 39.4 Å². The summed E-state index contributed by atoms with van der Waals surface area (Å²) in [5, 5.41) is 41.0. The highest BCUT2D eigenvalue weighted by molar-refractivity contribution is 6.53. The van der Waals surface area contributed by atoms with Gasteiger partial charge in [0.15, 0.2) is 22.1 Å². The van der Waals surface area contributed by atoms with Gasteiger partial charge in [-0.15, -0.1) is 0 Å². The first-order chi connectivity index (χ1) is 23.6. The number of carboxylic acid groups (broad SMARTS) is 1. The fourth-order valence-electron chi connectivity index (χ4n) is 5.69.